The molecule has 0 amide bonds. The zero-order valence-corrected chi connectivity index (χ0v) is 11.3. The monoisotopic (exact) mass is 287 g/mol. The predicted octanol–water partition coefficient (Wildman–Crippen LogP) is 2.07. The second-order valence-electron chi connectivity index (χ2n) is 4.45. The van der Waals surface area contributed by atoms with Gasteiger partial charge in [-0.15, -0.1) is 0 Å². The number of nitrogens with two attached hydrogens (primary N) is 1. The molecule has 18 heavy (non-hydrogen) atoms. The zero-order valence-electron chi connectivity index (χ0n) is 9.73. The summed E-state index contributed by atoms with van der Waals surface area (Å²) in [6, 6.07) is 4.50. The molecule has 0 aliphatic carbocycles. The molecule has 0 saturated carbocycles. The molecular formula is C12H14ClNO3S. The Bertz CT molecular complexity index is 583. The van der Waals surface area contributed by atoms with E-state index < -0.39 is 20.9 Å². The molecule has 0 bridgehead atoms. The molecule has 1 fully saturated rings. The summed E-state index contributed by atoms with van der Waals surface area (Å²) in [5.74, 6) is -0.338. The number of carbonyl (C=O) groups excluding carboxylic acids is 1. The van der Waals surface area contributed by atoms with Crippen LogP contribution >= 0.6 is 11.6 Å². The number of ketones is 1. The Labute approximate surface area is 111 Å². The van der Waals surface area contributed by atoms with Gasteiger partial charge in [0, 0.05) is 11.3 Å². The van der Waals surface area contributed by atoms with Crippen LogP contribution in [0.1, 0.15) is 29.6 Å². The molecule has 1 saturated heterocycles. The SMILES string of the molecule is Nc1ccc(C(=O)C2CCCCS2(=O)=O)c(Cl)c1. The standard InChI is InChI=1S/C12H14ClNO3S/c13-10-7-8(14)4-5-9(10)12(15)11-3-1-2-6-18(11,16)17/h4-5,7,11H,1-3,6,14H2. The van der Waals surface area contributed by atoms with Crippen LogP contribution in [0.4, 0.5) is 5.69 Å². The lowest BCUT2D eigenvalue weighted by molar-refractivity contribution is 0.0981. The zero-order chi connectivity index (χ0) is 13.3. The van der Waals surface area contributed by atoms with Crippen LogP contribution in [0.25, 0.3) is 0 Å². The van der Waals surface area contributed by atoms with E-state index in [9.17, 15) is 13.2 Å². The summed E-state index contributed by atoms with van der Waals surface area (Å²) < 4.78 is 23.8. The highest BCUT2D eigenvalue weighted by Crippen LogP contribution is 2.27. The van der Waals surface area contributed by atoms with Gasteiger partial charge in [0.05, 0.1) is 10.8 Å². The van der Waals surface area contributed by atoms with Gasteiger partial charge in [-0.05, 0) is 31.0 Å². The lowest BCUT2D eigenvalue weighted by atomic mass is 10.0. The van der Waals surface area contributed by atoms with Crippen LogP contribution in [0.3, 0.4) is 0 Å². The van der Waals surface area contributed by atoms with Gasteiger partial charge in [-0.3, -0.25) is 4.79 Å². The van der Waals surface area contributed by atoms with E-state index in [1.807, 2.05) is 0 Å². The van der Waals surface area contributed by atoms with Gasteiger partial charge in [-0.1, -0.05) is 18.0 Å². The third-order valence-corrected chi connectivity index (χ3v) is 5.62. The first-order valence-electron chi connectivity index (χ1n) is 5.72. The van der Waals surface area contributed by atoms with Crippen molar-refractivity contribution in [2.45, 2.75) is 24.5 Å². The van der Waals surface area contributed by atoms with Crippen molar-refractivity contribution >= 4 is 32.9 Å². The molecule has 1 unspecified atom stereocenters. The van der Waals surface area contributed by atoms with E-state index in [1.165, 1.54) is 12.1 Å². The van der Waals surface area contributed by atoms with Crippen molar-refractivity contribution in [1.29, 1.82) is 0 Å². The summed E-state index contributed by atoms with van der Waals surface area (Å²) >= 11 is 5.94. The first-order valence-corrected chi connectivity index (χ1v) is 7.82. The van der Waals surface area contributed by atoms with Crippen LogP contribution in [0.5, 0.6) is 0 Å². The van der Waals surface area contributed by atoms with Crippen LogP contribution in [-0.4, -0.2) is 25.2 Å². The molecule has 98 valence electrons. The van der Waals surface area contributed by atoms with E-state index in [0.717, 1.165) is 6.42 Å². The van der Waals surface area contributed by atoms with Gasteiger partial charge in [-0.25, -0.2) is 8.42 Å². The average Bonchev–Trinajstić information content (AvgIpc) is 2.27. The van der Waals surface area contributed by atoms with Crippen LogP contribution < -0.4 is 5.73 Å². The predicted molar refractivity (Wildman–Crippen MR) is 71.6 cm³/mol. The van der Waals surface area contributed by atoms with E-state index in [2.05, 4.69) is 0 Å². The first-order chi connectivity index (χ1) is 8.42. The van der Waals surface area contributed by atoms with Gasteiger partial charge < -0.3 is 5.73 Å². The number of sulfone groups is 1. The van der Waals surface area contributed by atoms with Crippen molar-refractivity contribution in [3.05, 3.63) is 28.8 Å². The molecule has 1 atom stereocenters. The number of halogens is 1. The minimum atomic E-state index is -3.34. The maximum atomic E-state index is 12.2. The summed E-state index contributed by atoms with van der Waals surface area (Å²) in [5, 5.41) is -0.742. The second kappa shape index (κ2) is 4.90. The summed E-state index contributed by atoms with van der Waals surface area (Å²) in [4.78, 5) is 12.2. The molecule has 1 heterocycles. The Kier molecular flexibility index (Phi) is 3.64. The van der Waals surface area contributed by atoms with E-state index in [0.29, 0.717) is 18.5 Å². The maximum absolute atomic E-state index is 12.2. The van der Waals surface area contributed by atoms with Gasteiger partial charge in [-0.2, -0.15) is 0 Å². The minimum Gasteiger partial charge on any atom is -0.399 e. The van der Waals surface area contributed by atoms with Gasteiger partial charge in [0.15, 0.2) is 15.6 Å². The molecule has 6 heteroatoms. The number of hydrogen-bond donors (Lipinski definition) is 1. The molecule has 2 N–H and O–H groups in total. The topological polar surface area (TPSA) is 77.2 Å². The van der Waals surface area contributed by atoms with Crippen molar-refractivity contribution in [1.82, 2.24) is 0 Å². The van der Waals surface area contributed by atoms with Crippen molar-refractivity contribution in [2.24, 2.45) is 0 Å². The van der Waals surface area contributed by atoms with Crippen LogP contribution in [0.15, 0.2) is 18.2 Å². The summed E-state index contributed by atoms with van der Waals surface area (Å²) in [6.45, 7) is 0. The Morgan fingerprint density at radius 1 is 1.33 bits per heavy atom. The smallest absolute Gasteiger partial charge is 0.182 e. The molecule has 0 radical (unpaired) electrons. The molecule has 1 aliphatic heterocycles. The summed E-state index contributed by atoms with van der Waals surface area (Å²) in [6.07, 6.45) is 1.76. The fraction of sp³-hybridized carbons (Fsp3) is 0.417. The Morgan fingerprint density at radius 3 is 2.67 bits per heavy atom. The van der Waals surface area contributed by atoms with Crippen LogP contribution in [0, 0.1) is 0 Å². The quantitative estimate of drug-likeness (QED) is 0.667. The highest BCUT2D eigenvalue weighted by atomic mass is 35.5. The molecular weight excluding hydrogens is 274 g/mol. The number of benzene rings is 1. The number of nitrogen functional groups attached to an aromatic ring is 1. The molecule has 1 aliphatic rings. The highest BCUT2D eigenvalue weighted by Gasteiger charge is 2.35. The number of rotatable bonds is 2. The van der Waals surface area contributed by atoms with Gasteiger partial charge in [0.2, 0.25) is 0 Å². The Morgan fingerprint density at radius 2 is 2.06 bits per heavy atom. The maximum Gasteiger partial charge on any atom is 0.182 e. The molecule has 4 nitrogen and oxygen atoms in total. The molecule has 2 rings (SSSR count). The number of anilines is 1. The van der Waals surface area contributed by atoms with Crippen molar-refractivity contribution in [3.8, 4) is 0 Å². The average molecular weight is 288 g/mol. The third-order valence-electron chi connectivity index (χ3n) is 3.13. The third kappa shape index (κ3) is 2.52. The fourth-order valence-corrected chi connectivity index (χ4v) is 4.31. The van der Waals surface area contributed by atoms with Gasteiger partial charge in [0.25, 0.3) is 0 Å². The molecule has 1 aromatic rings. The van der Waals surface area contributed by atoms with E-state index in [1.54, 1.807) is 6.07 Å². The summed E-state index contributed by atoms with van der Waals surface area (Å²) in [5.41, 5.74) is 6.23. The molecule has 0 aromatic heterocycles. The minimum absolute atomic E-state index is 0.0794. The number of hydrogen-bond acceptors (Lipinski definition) is 4. The highest BCUT2D eigenvalue weighted by molar-refractivity contribution is 7.92. The van der Waals surface area contributed by atoms with E-state index in [4.69, 9.17) is 17.3 Å². The largest absolute Gasteiger partial charge is 0.399 e. The Hall–Kier alpha value is -1.07. The van der Waals surface area contributed by atoms with Gasteiger partial charge in [0.1, 0.15) is 5.25 Å². The van der Waals surface area contributed by atoms with E-state index >= 15 is 0 Å². The lowest BCUT2D eigenvalue weighted by Gasteiger charge is -2.21. The van der Waals surface area contributed by atoms with Crippen molar-refractivity contribution in [3.63, 3.8) is 0 Å². The first kappa shape index (κ1) is 13.4. The van der Waals surface area contributed by atoms with Crippen LogP contribution in [0.2, 0.25) is 5.02 Å². The van der Waals surface area contributed by atoms with Crippen molar-refractivity contribution in [2.75, 3.05) is 11.5 Å². The Balaban J connectivity index is 2.36. The summed E-state index contributed by atoms with van der Waals surface area (Å²) in [7, 11) is -3.34. The van der Waals surface area contributed by atoms with Crippen LogP contribution in [-0.2, 0) is 9.84 Å². The normalized spacial score (nSPS) is 22.6. The molecule has 0 spiro atoms. The number of Topliss-reactive ketones (excluding diaryl/α,β-unsaturated/α-hetero) is 1. The second-order valence-corrected chi connectivity index (χ2v) is 7.17. The fourth-order valence-electron chi connectivity index (χ4n) is 2.15. The number of carbonyl (C=O) groups is 1. The van der Waals surface area contributed by atoms with E-state index in [-0.39, 0.29) is 16.3 Å². The molecule has 1 aromatic carbocycles. The van der Waals surface area contributed by atoms with Gasteiger partial charge >= 0.3 is 0 Å². The van der Waals surface area contributed by atoms with Crippen molar-refractivity contribution < 1.29 is 13.2 Å². The lowest BCUT2D eigenvalue weighted by Crippen LogP contribution is -2.35.